The average Bonchev–Trinajstić information content (AvgIpc) is 2.26. The normalized spacial score (nSPS) is 12.4. The minimum Gasteiger partial charge on any atom is -0.359 e. The summed E-state index contributed by atoms with van der Waals surface area (Å²) in [6, 6.07) is 1.20. The fourth-order valence-electron chi connectivity index (χ4n) is 1.43. The van der Waals surface area contributed by atoms with E-state index in [0.717, 1.165) is 0 Å². The second-order valence-electron chi connectivity index (χ2n) is 3.72. The molecule has 0 heterocycles. The molecule has 0 bridgehead atoms. The van der Waals surface area contributed by atoms with Crippen molar-refractivity contribution < 1.29 is 31.1 Å². The summed E-state index contributed by atoms with van der Waals surface area (Å²) in [4.78, 5) is 11.0. The number of carbonyl (C=O) groups is 1. The smallest absolute Gasteiger partial charge is 0.359 e. The molecule has 0 aliphatic heterocycles. The van der Waals surface area contributed by atoms with Gasteiger partial charge in [-0.15, -0.1) is 0 Å². The number of likely N-dealkylation sites (N-methyl/N-ethyl adjacent to an activating group) is 1. The van der Waals surface area contributed by atoms with Crippen LogP contribution in [0.3, 0.4) is 0 Å². The molecule has 0 aliphatic carbocycles. The maximum Gasteiger partial charge on any atom is 0.416 e. The Labute approximate surface area is 104 Å². The number of nitrogens with one attached hydrogen (secondary N) is 1. The first-order chi connectivity index (χ1) is 8.55. The lowest BCUT2D eigenvalue weighted by molar-refractivity contribution is -0.143. The molecule has 0 spiro atoms. The molecule has 1 rings (SSSR count). The summed E-state index contributed by atoms with van der Waals surface area (Å²) < 4.78 is 75.1. The fourth-order valence-corrected chi connectivity index (χ4v) is 1.43. The highest BCUT2D eigenvalue weighted by Crippen LogP contribution is 2.37. The van der Waals surface area contributed by atoms with Crippen LogP contribution in [-0.2, 0) is 23.6 Å². The number of halogens is 6. The van der Waals surface area contributed by atoms with E-state index in [-0.39, 0.29) is 6.07 Å². The van der Waals surface area contributed by atoms with E-state index in [1.54, 1.807) is 0 Å². The zero-order valence-corrected chi connectivity index (χ0v) is 9.62. The SMILES string of the molecule is CNC(=O)Cc1ccc(C(F)(F)F)cc1C(F)(F)F. The molecule has 106 valence electrons. The highest BCUT2D eigenvalue weighted by atomic mass is 19.4. The Morgan fingerprint density at radius 2 is 1.68 bits per heavy atom. The van der Waals surface area contributed by atoms with Gasteiger partial charge in [-0.05, 0) is 17.7 Å². The Hall–Kier alpha value is -1.73. The molecule has 19 heavy (non-hydrogen) atoms. The molecule has 8 heteroatoms. The van der Waals surface area contributed by atoms with Crippen molar-refractivity contribution in [3.8, 4) is 0 Å². The molecular formula is C11H9F6NO. The van der Waals surface area contributed by atoms with E-state index in [1.807, 2.05) is 0 Å². The molecule has 0 saturated heterocycles. The maximum absolute atomic E-state index is 12.7. The monoisotopic (exact) mass is 285 g/mol. The van der Waals surface area contributed by atoms with Crippen molar-refractivity contribution in [2.75, 3.05) is 7.05 Å². The van der Waals surface area contributed by atoms with Gasteiger partial charge in [0.1, 0.15) is 0 Å². The standard InChI is InChI=1S/C11H9F6NO/c1-18-9(19)4-6-2-3-7(10(12,13)14)5-8(6)11(15,16)17/h2-3,5H,4H2,1H3,(H,18,19). The summed E-state index contributed by atoms with van der Waals surface area (Å²) >= 11 is 0. The molecule has 2 nitrogen and oxygen atoms in total. The van der Waals surface area contributed by atoms with Gasteiger partial charge in [-0.3, -0.25) is 4.79 Å². The van der Waals surface area contributed by atoms with Crippen LogP contribution < -0.4 is 5.32 Å². The third kappa shape index (κ3) is 3.87. The van der Waals surface area contributed by atoms with Crippen LogP contribution in [0.1, 0.15) is 16.7 Å². The minimum atomic E-state index is -4.95. The van der Waals surface area contributed by atoms with E-state index in [0.29, 0.717) is 12.1 Å². The number of hydrogen-bond donors (Lipinski definition) is 1. The van der Waals surface area contributed by atoms with E-state index in [2.05, 4.69) is 5.32 Å². The Bertz CT molecular complexity index is 477. The molecule has 0 aromatic heterocycles. The first-order valence-corrected chi connectivity index (χ1v) is 5.03. The first-order valence-electron chi connectivity index (χ1n) is 5.03. The Kier molecular flexibility index (Phi) is 4.12. The highest BCUT2D eigenvalue weighted by Gasteiger charge is 2.38. The molecule has 0 fully saturated rings. The minimum absolute atomic E-state index is 0.0122. The Morgan fingerprint density at radius 1 is 1.11 bits per heavy atom. The lowest BCUT2D eigenvalue weighted by atomic mass is 10.0. The number of amides is 1. The third-order valence-corrected chi connectivity index (χ3v) is 2.37. The van der Waals surface area contributed by atoms with E-state index >= 15 is 0 Å². The van der Waals surface area contributed by atoms with Crippen LogP contribution in [0.2, 0.25) is 0 Å². The van der Waals surface area contributed by atoms with Crippen molar-refractivity contribution in [3.05, 3.63) is 34.9 Å². The lowest BCUT2D eigenvalue weighted by Crippen LogP contribution is -2.22. The number of carbonyl (C=O) groups excluding carboxylic acids is 1. The van der Waals surface area contributed by atoms with Crippen LogP contribution in [0.5, 0.6) is 0 Å². The van der Waals surface area contributed by atoms with Gasteiger partial charge in [-0.25, -0.2) is 0 Å². The molecule has 0 saturated carbocycles. The van der Waals surface area contributed by atoms with Crippen LogP contribution in [0.15, 0.2) is 18.2 Å². The van der Waals surface area contributed by atoms with E-state index < -0.39 is 41.4 Å². The van der Waals surface area contributed by atoms with Gasteiger partial charge >= 0.3 is 12.4 Å². The van der Waals surface area contributed by atoms with Crippen LogP contribution in [0.25, 0.3) is 0 Å². The van der Waals surface area contributed by atoms with Crippen molar-refractivity contribution in [2.24, 2.45) is 0 Å². The highest BCUT2D eigenvalue weighted by molar-refractivity contribution is 5.78. The van der Waals surface area contributed by atoms with Crippen molar-refractivity contribution in [1.82, 2.24) is 5.32 Å². The zero-order chi connectivity index (χ0) is 14.8. The predicted octanol–water partition coefficient (Wildman–Crippen LogP) is 3.01. The van der Waals surface area contributed by atoms with Gasteiger partial charge < -0.3 is 5.32 Å². The van der Waals surface area contributed by atoms with E-state index in [1.165, 1.54) is 7.05 Å². The molecule has 0 aliphatic rings. The summed E-state index contributed by atoms with van der Waals surface area (Å²) in [7, 11) is 1.22. The maximum atomic E-state index is 12.7. The lowest BCUT2D eigenvalue weighted by Gasteiger charge is -2.15. The fraction of sp³-hybridized carbons (Fsp3) is 0.364. The van der Waals surface area contributed by atoms with Crippen molar-refractivity contribution in [1.29, 1.82) is 0 Å². The summed E-state index contributed by atoms with van der Waals surface area (Å²) in [6.45, 7) is 0. The van der Waals surface area contributed by atoms with Gasteiger partial charge in [-0.1, -0.05) is 6.07 Å². The van der Waals surface area contributed by atoms with Crippen LogP contribution in [-0.4, -0.2) is 13.0 Å². The van der Waals surface area contributed by atoms with E-state index in [4.69, 9.17) is 0 Å². The zero-order valence-electron chi connectivity index (χ0n) is 9.62. The summed E-state index contributed by atoms with van der Waals surface area (Å²) in [5, 5.41) is 2.11. The van der Waals surface area contributed by atoms with Gasteiger partial charge in [0.2, 0.25) is 5.91 Å². The second-order valence-corrected chi connectivity index (χ2v) is 3.72. The van der Waals surface area contributed by atoms with Gasteiger partial charge in [0.15, 0.2) is 0 Å². The molecule has 1 aromatic rings. The van der Waals surface area contributed by atoms with Crippen LogP contribution in [0, 0.1) is 0 Å². The molecule has 1 N–H and O–H groups in total. The second kappa shape index (κ2) is 5.10. The summed E-state index contributed by atoms with van der Waals surface area (Å²) in [5.74, 6) is -0.717. The molecular weight excluding hydrogens is 276 g/mol. The predicted molar refractivity (Wildman–Crippen MR) is 54.2 cm³/mol. The number of alkyl halides is 6. The summed E-state index contributed by atoms with van der Waals surface area (Å²) in [5.41, 5.74) is -3.36. The number of hydrogen-bond acceptors (Lipinski definition) is 1. The topological polar surface area (TPSA) is 29.1 Å². The van der Waals surface area contributed by atoms with Crippen molar-refractivity contribution in [2.45, 2.75) is 18.8 Å². The Balaban J connectivity index is 3.29. The molecule has 0 unspecified atom stereocenters. The number of rotatable bonds is 2. The van der Waals surface area contributed by atoms with Gasteiger partial charge in [0, 0.05) is 7.05 Å². The molecule has 0 radical (unpaired) electrons. The van der Waals surface area contributed by atoms with Crippen molar-refractivity contribution >= 4 is 5.91 Å². The van der Waals surface area contributed by atoms with Gasteiger partial charge in [0.25, 0.3) is 0 Å². The van der Waals surface area contributed by atoms with Crippen molar-refractivity contribution in [3.63, 3.8) is 0 Å². The van der Waals surface area contributed by atoms with Gasteiger partial charge in [-0.2, -0.15) is 26.3 Å². The Morgan fingerprint density at radius 3 is 2.11 bits per heavy atom. The largest absolute Gasteiger partial charge is 0.416 e. The quantitative estimate of drug-likeness (QED) is 0.831. The van der Waals surface area contributed by atoms with Crippen LogP contribution in [0.4, 0.5) is 26.3 Å². The van der Waals surface area contributed by atoms with E-state index in [9.17, 15) is 31.1 Å². The molecule has 0 atom stereocenters. The molecule has 1 amide bonds. The first kappa shape index (κ1) is 15.3. The average molecular weight is 285 g/mol. The number of benzene rings is 1. The third-order valence-electron chi connectivity index (χ3n) is 2.37. The molecule has 1 aromatic carbocycles. The van der Waals surface area contributed by atoms with Crippen LogP contribution >= 0.6 is 0 Å². The van der Waals surface area contributed by atoms with Gasteiger partial charge in [0.05, 0.1) is 17.5 Å². The summed E-state index contributed by atoms with van der Waals surface area (Å²) in [6.07, 6.45) is -10.5.